The van der Waals surface area contributed by atoms with Gasteiger partial charge in [0.25, 0.3) is 0 Å². The quantitative estimate of drug-likeness (QED) is 0.629. The van der Waals surface area contributed by atoms with Gasteiger partial charge in [-0.3, -0.25) is 11.3 Å². The summed E-state index contributed by atoms with van der Waals surface area (Å²) in [6.45, 7) is 2.04. The van der Waals surface area contributed by atoms with Gasteiger partial charge in [-0.25, -0.2) is 0 Å². The highest BCUT2D eigenvalue weighted by molar-refractivity contribution is 9.10. The molecule has 0 aliphatic heterocycles. The smallest absolute Gasteiger partial charge is 0.0441 e. The zero-order valence-electron chi connectivity index (χ0n) is 11.4. The second-order valence-corrected chi connectivity index (χ2v) is 6.22. The van der Waals surface area contributed by atoms with Crippen LogP contribution in [0.4, 0.5) is 0 Å². The molecule has 1 unspecified atom stereocenters. The van der Waals surface area contributed by atoms with Crippen LogP contribution in [0.2, 0.25) is 5.02 Å². The number of nitrogens with two attached hydrogens (primary N) is 1. The van der Waals surface area contributed by atoms with Gasteiger partial charge >= 0.3 is 0 Å². The van der Waals surface area contributed by atoms with E-state index in [-0.39, 0.29) is 6.04 Å². The van der Waals surface area contributed by atoms with Gasteiger partial charge in [0.2, 0.25) is 0 Å². The second kappa shape index (κ2) is 7.23. The van der Waals surface area contributed by atoms with Crippen LogP contribution in [0, 0.1) is 6.92 Å². The third-order valence-corrected chi connectivity index (χ3v) is 4.46. The van der Waals surface area contributed by atoms with E-state index in [4.69, 9.17) is 17.4 Å². The average Bonchev–Trinajstić information content (AvgIpc) is 2.43. The molecule has 0 aliphatic rings. The Morgan fingerprint density at radius 2 is 1.85 bits per heavy atom. The molecule has 2 aromatic carbocycles. The summed E-state index contributed by atoms with van der Waals surface area (Å²) in [4.78, 5) is 0. The number of hydrogen-bond acceptors (Lipinski definition) is 2. The highest BCUT2D eigenvalue weighted by Crippen LogP contribution is 2.22. The van der Waals surface area contributed by atoms with Crippen molar-refractivity contribution in [3.05, 3.63) is 68.7 Å². The summed E-state index contributed by atoms with van der Waals surface area (Å²) >= 11 is 9.86. The molecule has 106 valence electrons. The molecular formula is C16H18BrClN2. The molecule has 2 rings (SSSR count). The molecule has 0 saturated heterocycles. The Bertz CT molecular complexity index is 586. The Morgan fingerprint density at radius 3 is 2.50 bits per heavy atom. The minimum atomic E-state index is 0.147. The lowest BCUT2D eigenvalue weighted by Crippen LogP contribution is -2.38. The van der Waals surface area contributed by atoms with Gasteiger partial charge in [-0.15, -0.1) is 0 Å². The van der Waals surface area contributed by atoms with Crippen LogP contribution in [-0.2, 0) is 12.8 Å². The van der Waals surface area contributed by atoms with Crippen LogP contribution >= 0.6 is 27.5 Å². The normalized spacial score (nSPS) is 12.4. The molecule has 0 bridgehead atoms. The predicted octanol–water partition coefficient (Wildman–Crippen LogP) is 4.03. The van der Waals surface area contributed by atoms with Crippen molar-refractivity contribution in [1.29, 1.82) is 0 Å². The first-order chi connectivity index (χ1) is 9.60. The molecule has 0 fully saturated rings. The van der Waals surface area contributed by atoms with Gasteiger partial charge in [-0.05, 0) is 48.6 Å². The highest BCUT2D eigenvalue weighted by atomic mass is 79.9. The molecule has 2 nitrogen and oxygen atoms in total. The maximum atomic E-state index is 6.29. The van der Waals surface area contributed by atoms with E-state index in [1.807, 2.05) is 31.2 Å². The van der Waals surface area contributed by atoms with E-state index in [1.54, 1.807) is 0 Å². The minimum absolute atomic E-state index is 0.147. The van der Waals surface area contributed by atoms with Gasteiger partial charge in [0.15, 0.2) is 0 Å². The molecule has 1 atom stereocenters. The summed E-state index contributed by atoms with van der Waals surface area (Å²) in [5.74, 6) is 5.69. The third-order valence-electron chi connectivity index (χ3n) is 3.33. The summed E-state index contributed by atoms with van der Waals surface area (Å²) in [5.41, 5.74) is 6.41. The number of halogens is 2. The summed E-state index contributed by atoms with van der Waals surface area (Å²) in [7, 11) is 0. The van der Waals surface area contributed by atoms with Crippen molar-refractivity contribution >= 4 is 27.5 Å². The molecule has 2 aromatic rings. The van der Waals surface area contributed by atoms with Crippen molar-refractivity contribution < 1.29 is 0 Å². The lowest BCUT2D eigenvalue weighted by molar-refractivity contribution is 0.522. The van der Waals surface area contributed by atoms with Gasteiger partial charge < -0.3 is 0 Å². The van der Waals surface area contributed by atoms with E-state index in [0.29, 0.717) is 0 Å². The van der Waals surface area contributed by atoms with Crippen molar-refractivity contribution in [2.24, 2.45) is 5.84 Å². The van der Waals surface area contributed by atoms with Gasteiger partial charge in [0.1, 0.15) is 0 Å². The summed E-state index contributed by atoms with van der Waals surface area (Å²) in [5, 5.41) is 0.803. The first-order valence-corrected chi connectivity index (χ1v) is 7.72. The molecule has 0 spiro atoms. The molecule has 0 aromatic heterocycles. The van der Waals surface area contributed by atoms with E-state index in [2.05, 4.69) is 39.6 Å². The number of hydrogen-bond donors (Lipinski definition) is 2. The van der Waals surface area contributed by atoms with E-state index < -0.39 is 0 Å². The van der Waals surface area contributed by atoms with E-state index in [0.717, 1.165) is 27.9 Å². The van der Waals surface area contributed by atoms with Crippen LogP contribution in [0.15, 0.2) is 46.9 Å². The Morgan fingerprint density at radius 1 is 1.15 bits per heavy atom. The molecule has 20 heavy (non-hydrogen) atoms. The number of benzene rings is 2. The molecule has 0 amide bonds. The molecular weight excluding hydrogens is 336 g/mol. The maximum absolute atomic E-state index is 6.29. The Hall–Kier alpha value is -0.870. The fraction of sp³-hybridized carbons (Fsp3) is 0.250. The molecule has 0 radical (unpaired) electrons. The monoisotopic (exact) mass is 352 g/mol. The molecule has 4 heteroatoms. The molecule has 3 N–H and O–H groups in total. The Labute approximate surface area is 133 Å². The average molecular weight is 354 g/mol. The zero-order chi connectivity index (χ0) is 14.5. The van der Waals surface area contributed by atoms with E-state index >= 15 is 0 Å². The van der Waals surface area contributed by atoms with E-state index in [1.165, 1.54) is 11.1 Å². The van der Waals surface area contributed by atoms with Gasteiger partial charge in [-0.1, -0.05) is 57.9 Å². The minimum Gasteiger partial charge on any atom is -0.271 e. The van der Waals surface area contributed by atoms with Gasteiger partial charge in [0, 0.05) is 15.5 Å². The van der Waals surface area contributed by atoms with Crippen molar-refractivity contribution in [3.63, 3.8) is 0 Å². The fourth-order valence-corrected chi connectivity index (χ4v) is 2.96. The summed E-state index contributed by atoms with van der Waals surface area (Å²) in [6.07, 6.45) is 1.65. The van der Waals surface area contributed by atoms with Crippen molar-refractivity contribution in [3.8, 4) is 0 Å². The number of nitrogens with one attached hydrogen (secondary N) is 1. The first kappa shape index (κ1) is 15.5. The van der Waals surface area contributed by atoms with Crippen molar-refractivity contribution in [2.75, 3.05) is 0 Å². The molecule has 0 saturated carbocycles. The third kappa shape index (κ3) is 4.06. The predicted molar refractivity (Wildman–Crippen MR) is 88.9 cm³/mol. The molecule has 0 aliphatic carbocycles. The Kier molecular flexibility index (Phi) is 5.61. The number of hydrazine groups is 1. The van der Waals surface area contributed by atoms with Crippen molar-refractivity contribution in [1.82, 2.24) is 5.43 Å². The van der Waals surface area contributed by atoms with Gasteiger partial charge in [-0.2, -0.15) is 0 Å². The summed E-state index contributed by atoms with van der Waals surface area (Å²) in [6, 6.07) is 14.5. The number of rotatable bonds is 5. The zero-order valence-corrected chi connectivity index (χ0v) is 13.7. The largest absolute Gasteiger partial charge is 0.271 e. The topological polar surface area (TPSA) is 38.0 Å². The molecule has 0 heterocycles. The van der Waals surface area contributed by atoms with Crippen LogP contribution in [0.1, 0.15) is 16.7 Å². The second-order valence-electron chi connectivity index (χ2n) is 4.96. The number of aryl methyl sites for hydroxylation is 1. The van der Waals surface area contributed by atoms with Crippen LogP contribution in [0.5, 0.6) is 0 Å². The SMILES string of the molecule is Cc1ccc(CC(Cc2ccccc2Br)NN)c(Cl)c1. The van der Waals surface area contributed by atoms with Gasteiger partial charge in [0.05, 0.1) is 0 Å². The first-order valence-electron chi connectivity index (χ1n) is 6.54. The maximum Gasteiger partial charge on any atom is 0.0441 e. The lowest BCUT2D eigenvalue weighted by Gasteiger charge is -2.18. The van der Waals surface area contributed by atoms with Crippen LogP contribution in [0.25, 0.3) is 0 Å². The standard InChI is InChI=1S/C16H18BrClN2/c1-11-6-7-13(16(18)8-11)10-14(20-19)9-12-4-2-3-5-15(12)17/h2-8,14,20H,9-10,19H2,1H3. The van der Waals surface area contributed by atoms with Crippen LogP contribution < -0.4 is 11.3 Å². The van der Waals surface area contributed by atoms with Crippen LogP contribution in [0.3, 0.4) is 0 Å². The lowest BCUT2D eigenvalue weighted by atomic mass is 9.99. The summed E-state index contributed by atoms with van der Waals surface area (Å²) < 4.78 is 1.11. The Balaban J connectivity index is 2.11. The van der Waals surface area contributed by atoms with E-state index in [9.17, 15) is 0 Å². The van der Waals surface area contributed by atoms with Crippen LogP contribution in [-0.4, -0.2) is 6.04 Å². The highest BCUT2D eigenvalue weighted by Gasteiger charge is 2.12. The van der Waals surface area contributed by atoms with Crippen molar-refractivity contribution in [2.45, 2.75) is 25.8 Å². The fourth-order valence-electron chi connectivity index (χ4n) is 2.20.